The molecule has 1 saturated carbocycles. The molecular formula is C13H19NO2. The lowest BCUT2D eigenvalue weighted by atomic mass is 9.69. The highest BCUT2D eigenvalue weighted by atomic mass is 16.2. The molecule has 2 heterocycles. The molecule has 0 aromatic rings. The van der Waals surface area contributed by atoms with Crippen LogP contribution in [-0.4, -0.2) is 28.7 Å². The molecule has 2 aliphatic heterocycles. The van der Waals surface area contributed by atoms with Crippen LogP contribution in [-0.2, 0) is 9.59 Å². The zero-order chi connectivity index (χ0) is 11.2. The fourth-order valence-electron chi connectivity index (χ4n) is 4.09. The Morgan fingerprint density at radius 3 is 2.88 bits per heavy atom. The molecular weight excluding hydrogens is 202 g/mol. The lowest BCUT2D eigenvalue weighted by Gasteiger charge is -2.45. The van der Waals surface area contributed by atoms with Crippen molar-refractivity contribution < 1.29 is 9.59 Å². The molecule has 1 aliphatic carbocycles. The van der Waals surface area contributed by atoms with Gasteiger partial charge in [0.25, 0.3) is 0 Å². The van der Waals surface area contributed by atoms with Gasteiger partial charge in [-0.25, -0.2) is 0 Å². The van der Waals surface area contributed by atoms with Gasteiger partial charge in [0, 0.05) is 31.3 Å². The molecule has 0 aromatic carbocycles. The van der Waals surface area contributed by atoms with Crippen LogP contribution in [0.25, 0.3) is 0 Å². The van der Waals surface area contributed by atoms with E-state index in [0.717, 1.165) is 45.1 Å². The predicted octanol–water partition coefficient (Wildman–Crippen LogP) is 1.90. The molecule has 2 atom stereocenters. The Balaban J connectivity index is 1.96. The van der Waals surface area contributed by atoms with Crippen LogP contribution in [0.3, 0.4) is 0 Å². The molecule has 0 aromatic heterocycles. The Kier molecular flexibility index (Phi) is 2.30. The van der Waals surface area contributed by atoms with Crippen molar-refractivity contribution in [3.63, 3.8) is 0 Å². The van der Waals surface area contributed by atoms with E-state index in [0.29, 0.717) is 30.4 Å². The Morgan fingerprint density at radius 1 is 1.12 bits per heavy atom. The molecule has 1 spiro atoms. The molecule has 3 heteroatoms. The second kappa shape index (κ2) is 3.57. The van der Waals surface area contributed by atoms with Gasteiger partial charge in [-0.3, -0.25) is 9.59 Å². The summed E-state index contributed by atoms with van der Waals surface area (Å²) >= 11 is 0. The molecule has 1 amide bonds. The Bertz CT molecular complexity index is 339. The van der Waals surface area contributed by atoms with Crippen LogP contribution in [0.15, 0.2) is 0 Å². The van der Waals surface area contributed by atoms with Crippen LogP contribution in [0.5, 0.6) is 0 Å². The van der Waals surface area contributed by atoms with E-state index < -0.39 is 0 Å². The van der Waals surface area contributed by atoms with Gasteiger partial charge in [0.2, 0.25) is 5.91 Å². The molecule has 3 nitrogen and oxygen atoms in total. The van der Waals surface area contributed by atoms with Crippen LogP contribution in [0, 0.1) is 5.92 Å². The van der Waals surface area contributed by atoms with Crippen LogP contribution in [0.4, 0.5) is 0 Å². The van der Waals surface area contributed by atoms with Gasteiger partial charge in [0.15, 0.2) is 0 Å². The van der Waals surface area contributed by atoms with Crippen molar-refractivity contribution in [2.45, 2.75) is 56.9 Å². The van der Waals surface area contributed by atoms with Crippen LogP contribution in [0.1, 0.15) is 51.4 Å². The number of Topliss-reactive ketones (excluding diaryl/α,β-unsaturated/α-hetero) is 1. The summed E-state index contributed by atoms with van der Waals surface area (Å²) < 4.78 is 0. The van der Waals surface area contributed by atoms with Crippen LogP contribution < -0.4 is 0 Å². The van der Waals surface area contributed by atoms with Crippen molar-refractivity contribution in [1.82, 2.24) is 4.90 Å². The number of ketones is 1. The normalized spacial score (nSPS) is 39.2. The highest BCUT2D eigenvalue weighted by Crippen LogP contribution is 2.48. The predicted molar refractivity (Wildman–Crippen MR) is 59.9 cm³/mol. The molecule has 0 bridgehead atoms. The molecule has 0 unspecified atom stereocenters. The zero-order valence-electron chi connectivity index (χ0n) is 9.71. The maximum atomic E-state index is 12.1. The van der Waals surface area contributed by atoms with Crippen LogP contribution >= 0.6 is 0 Å². The van der Waals surface area contributed by atoms with Crippen molar-refractivity contribution in [3.05, 3.63) is 0 Å². The van der Waals surface area contributed by atoms with Crippen molar-refractivity contribution in [2.75, 3.05) is 6.54 Å². The average molecular weight is 221 g/mol. The summed E-state index contributed by atoms with van der Waals surface area (Å²) in [6.45, 7) is 0.934. The summed E-state index contributed by atoms with van der Waals surface area (Å²) in [4.78, 5) is 25.8. The molecule has 3 aliphatic rings. The third-order valence-corrected chi connectivity index (χ3v) is 4.84. The van der Waals surface area contributed by atoms with Gasteiger partial charge in [-0.1, -0.05) is 0 Å². The summed E-state index contributed by atoms with van der Waals surface area (Å²) in [6.07, 6.45) is 7.38. The maximum absolute atomic E-state index is 12.1. The second-order valence-corrected chi connectivity index (χ2v) is 5.58. The van der Waals surface area contributed by atoms with Gasteiger partial charge in [-0.2, -0.15) is 0 Å². The number of carbonyl (C=O) groups is 2. The Morgan fingerprint density at radius 2 is 2.00 bits per heavy atom. The van der Waals surface area contributed by atoms with Gasteiger partial charge in [-0.05, 0) is 38.0 Å². The molecule has 16 heavy (non-hydrogen) atoms. The minimum Gasteiger partial charge on any atom is -0.337 e. The van der Waals surface area contributed by atoms with Crippen molar-refractivity contribution in [2.24, 2.45) is 5.92 Å². The fourth-order valence-corrected chi connectivity index (χ4v) is 4.09. The zero-order valence-corrected chi connectivity index (χ0v) is 9.71. The number of amides is 1. The number of nitrogens with zero attached hydrogens (tertiary/aromatic N) is 1. The third-order valence-electron chi connectivity index (χ3n) is 4.84. The minimum absolute atomic E-state index is 0.0848. The van der Waals surface area contributed by atoms with E-state index in [1.54, 1.807) is 0 Å². The van der Waals surface area contributed by atoms with E-state index in [-0.39, 0.29) is 5.54 Å². The monoisotopic (exact) mass is 221 g/mol. The second-order valence-electron chi connectivity index (χ2n) is 5.58. The van der Waals surface area contributed by atoms with E-state index in [4.69, 9.17) is 0 Å². The van der Waals surface area contributed by atoms with Gasteiger partial charge >= 0.3 is 0 Å². The topological polar surface area (TPSA) is 37.4 Å². The lowest BCUT2D eigenvalue weighted by molar-refractivity contribution is -0.140. The molecule has 0 radical (unpaired) electrons. The van der Waals surface area contributed by atoms with Gasteiger partial charge in [0.05, 0.1) is 0 Å². The Hall–Kier alpha value is -0.860. The lowest BCUT2D eigenvalue weighted by Crippen LogP contribution is -2.53. The first kappa shape index (κ1) is 10.3. The summed E-state index contributed by atoms with van der Waals surface area (Å²) in [5.41, 5.74) is 0.0848. The number of hydrogen-bond acceptors (Lipinski definition) is 2. The van der Waals surface area contributed by atoms with Gasteiger partial charge < -0.3 is 4.90 Å². The fraction of sp³-hybridized carbons (Fsp3) is 0.846. The third kappa shape index (κ3) is 1.33. The largest absolute Gasteiger partial charge is 0.337 e. The quantitative estimate of drug-likeness (QED) is 0.626. The van der Waals surface area contributed by atoms with E-state index in [2.05, 4.69) is 4.90 Å². The van der Waals surface area contributed by atoms with E-state index in [9.17, 15) is 9.59 Å². The smallest absolute Gasteiger partial charge is 0.223 e. The summed E-state index contributed by atoms with van der Waals surface area (Å²) in [6, 6.07) is 0. The summed E-state index contributed by atoms with van der Waals surface area (Å²) in [5.74, 6) is 1.22. The SMILES string of the molecule is O=C1CC[C@]23CCCN2C(=O)CCC[C@@H]3C1. The molecule has 3 fully saturated rings. The van der Waals surface area contributed by atoms with E-state index in [1.165, 1.54) is 0 Å². The average Bonchev–Trinajstić information content (AvgIpc) is 2.63. The van der Waals surface area contributed by atoms with Crippen LogP contribution in [0.2, 0.25) is 0 Å². The molecule has 2 saturated heterocycles. The minimum atomic E-state index is 0.0848. The first-order chi connectivity index (χ1) is 7.72. The van der Waals surface area contributed by atoms with Crippen molar-refractivity contribution >= 4 is 11.7 Å². The van der Waals surface area contributed by atoms with E-state index >= 15 is 0 Å². The highest BCUT2D eigenvalue weighted by molar-refractivity contribution is 5.82. The van der Waals surface area contributed by atoms with Gasteiger partial charge in [0.1, 0.15) is 5.78 Å². The number of carbonyl (C=O) groups excluding carboxylic acids is 2. The Labute approximate surface area is 96.2 Å². The molecule has 0 N–H and O–H groups in total. The van der Waals surface area contributed by atoms with E-state index in [1.807, 2.05) is 0 Å². The van der Waals surface area contributed by atoms with Crippen molar-refractivity contribution in [1.29, 1.82) is 0 Å². The number of hydrogen-bond donors (Lipinski definition) is 0. The van der Waals surface area contributed by atoms with Crippen molar-refractivity contribution in [3.8, 4) is 0 Å². The van der Waals surface area contributed by atoms with Gasteiger partial charge in [-0.15, -0.1) is 0 Å². The first-order valence-electron chi connectivity index (χ1n) is 6.54. The molecule has 3 rings (SSSR count). The number of rotatable bonds is 0. The molecule has 88 valence electrons. The summed E-state index contributed by atoms with van der Waals surface area (Å²) in [7, 11) is 0. The standard InChI is InChI=1S/C13H19NO2/c15-11-5-7-13-6-2-8-14(13)12(16)4-1-3-10(13)9-11/h10H,1-9H2/t10-,13+/m1/s1. The summed E-state index contributed by atoms with van der Waals surface area (Å²) in [5, 5.41) is 0. The maximum Gasteiger partial charge on any atom is 0.223 e. The first-order valence-corrected chi connectivity index (χ1v) is 6.54. The highest BCUT2D eigenvalue weighted by Gasteiger charge is 2.52.